The minimum atomic E-state index is -0.941. The predicted octanol–water partition coefficient (Wildman–Crippen LogP) is 2.62. The monoisotopic (exact) mass is 271 g/mol. The van der Waals surface area contributed by atoms with Gasteiger partial charge in [-0.05, 0) is 18.1 Å². The largest absolute Gasteiger partial charge is 0.507 e. The molecule has 2 aromatic carbocycles. The van der Waals surface area contributed by atoms with Gasteiger partial charge in [0.1, 0.15) is 11.8 Å². The molecule has 0 radical (unpaired) electrons. The van der Waals surface area contributed by atoms with Gasteiger partial charge in [-0.2, -0.15) is 0 Å². The molecule has 4 heteroatoms. The Balaban J connectivity index is 2.14. The first-order chi connectivity index (χ1) is 9.59. The van der Waals surface area contributed by atoms with Gasteiger partial charge in [-0.3, -0.25) is 10.1 Å². The van der Waals surface area contributed by atoms with Crippen LogP contribution in [0.15, 0.2) is 48.5 Å². The fourth-order valence-electron chi connectivity index (χ4n) is 2.07. The Bertz CT molecular complexity index is 596. The number of para-hydroxylation sites is 1. The molecule has 104 valence electrons. The second-order valence-corrected chi connectivity index (χ2v) is 4.65. The van der Waals surface area contributed by atoms with Crippen LogP contribution in [0.3, 0.4) is 0 Å². The molecule has 20 heavy (non-hydrogen) atoms. The Morgan fingerprint density at radius 1 is 1.15 bits per heavy atom. The van der Waals surface area contributed by atoms with Crippen LogP contribution >= 0.6 is 0 Å². The molecule has 0 heterocycles. The van der Waals surface area contributed by atoms with Gasteiger partial charge in [0.05, 0.1) is 0 Å². The first-order valence-electron chi connectivity index (χ1n) is 6.38. The van der Waals surface area contributed by atoms with Crippen LogP contribution in [0.25, 0.3) is 0 Å². The average molecular weight is 271 g/mol. The number of phenols is 1. The van der Waals surface area contributed by atoms with E-state index in [0.29, 0.717) is 17.7 Å². The van der Waals surface area contributed by atoms with Crippen LogP contribution < -0.4 is 5.32 Å². The quantitative estimate of drug-likeness (QED) is 0.782. The Morgan fingerprint density at radius 3 is 2.50 bits per heavy atom. The lowest BCUT2D eigenvalue weighted by Crippen LogP contribution is -2.28. The molecule has 0 saturated carbocycles. The lowest BCUT2D eigenvalue weighted by atomic mass is 10.1. The van der Waals surface area contributed by atoms with E-state index in [1.54, 1.807) is 30.3 Å². The van der Waals surface area contributed by atoms with Crippen LogP contribution in [0.5, 0.6) is 5.75 Å². The summed E-state index contributed by atoms with van der Waals surface area (Å²) in [6, 6.07) is 13.6. The molecule has 0 spiro atoms. The summed E-state index contributed by atoms with van der Waals surface area (Å²) in [5.41, 5.74) is 2.15. The third-order valence-electron chi connectivity index (χ3n) is 3.20. The molecule has 0 aliphatic carbocycles. The van der Waals surface area contributed by atoms with Crippen molar-refractivity contribution in [3.63, 3.8) is 0 Å². The van der Waals surface area contributed by atoms with Crippen molar-refractivity contribution in [1.29, 1.82) is 0 Å². The highest BCUT2D eigenvalue weighted by molar-refractivity contribution is 5.75. The third kappa shape index (κ3) is 3.16. The van der Waals surface area contributed by atoms with Crippen molar-refractivity contribution in [3.8, 4) is 5.75 Å². The molecule has 1 unspecified atom stereocenters. The van der Waals surface area contributed by atoms with E-state index in [2.05, 4.69) is 5.32 Å². The van der Waals surface area contributed by atoms with Crippen molar-refractivity contribution < 1.29 is 15.0 Å². The van der Waals surface area contributed by atoms with E-state index in [1.807, 2.05) is 25.1 Å². The first-order valence-corrected chi connectivity index (χ1v) is 6.38. The Kier molecular flexibility index (Phi) is 4.38. The van der Waals surface area contributed by atoms with E-state index in [0.717, 1.165) is 5.56 Å². The highest BCUT2D eigenvalue weighted by Gasteiger charge is 2.19. The second kappa shape index (κ2) is 6.21. The number of aliphatic carboxylic acids is 1. The van der Waals surface area contributed by atoms with Crippen molar-refractivity contribution in [3.05, 3.63) is 65.2 Å². The van der Waals surface area contributed by atoms with E-state index < -0.39 is 12.0 Å². The molecule has 0 aromatic heterocycles. The van der Waals surface area contributed by atoms with Gasteiger partial charge in [0.25, 0.3) is 0 Å². The number of benzene rings is 2. The molecular formula is C16H17NO3. The van der Waals surface area contributed by atoms with Gasteiger partial charge in [0, 0.05) is 12.1 Å². The van der Waals surface area contributed by atoms with Crippen molar-refractivity contribution >= 4 is 5.97 Å². The van der Waals surface area contributed by atoms with Gasteiger partial charge in [0.2, 0.25) is 0 Å². The van der Waals surface area contributed by atoms with E-state index in [4.69, 9.17) is 0 Å². The summed E-state index contributed by atoms with van der Waals surface area (Å²) < 4.78 is 0. The number of carboxylic acid groups (broad SMARTS) is 1. The highest BCUT2D eigenvalue weighted by Crippen LogP contribution is 2.22. The fourth-order valence-corrected chi connectivity index (χ4v) is 2.07. The lowest BCUT2D eigenvalue weighted by Gasteiger charge is -2.16. The molecule has 0 fully saturated rings. The number of aryl methyl sites for hydroxylation is 1. The van der Waals surface area contributed by atoms with Gasteiger partial charge in [0.15, 0.2) is 0 Å². The lowest BCUT2D eigenvalue weighted by molar-refractivity contribution is -0.139. The van der Waals surface area contributed by atoms with Crippen LogP contribution in [0.2, 0.25) is 0 Å². The van der Waals surface area contributed by atoms with E-state index in [-0.39, 0.29) is 5.75 Å². The SMILES string of the molecule is Cc1cccc(CNC(C(=O)O)c2ccccc2)c1O. The number of carboxylic acids is 1. The Labute approximate surface area is 117 Å². The molecule has 3 N–H and O–H groups in total. The number of phenolic OH excluding ortho intramolecular Hbond substituents is 1. The molecule has 2 aromatic rings. The Hall–Kier alpha value is -2.33. The second-order valence-electron chi connectivity index (χ2n) is 4.65. The highest BCUT2D eigenvalue weighted by atomic mass is 16.4. The number of hydrogen-bond acceptors (Lipinski definition) is 3. The standard InChI is InChI=1S/C16H17NO3/c1-11-6-5-9-13(15(11)18)10-17-14(16(19)20)12-7-3-2-4-8-12/h2-9,14,17-18H,10H2,1H3,(H,19,20). The maximum absolute atomic E-state index is 11.3. The normalized spacial score (nSPS) is 12.1. The fraction of sp³-hybridized carbons (Fsp3) is 0.188. The average Bonchev–Trinajstić information content (AvgIpc) is 2.44. The summed E-state index contributed by atoms with van der Waals surface area (Å²) >= 11 is 0. The summed E-state index contributed by atoms with van der Waals surface area (Å²) in [7, 11) is 0. The Morgan fingerprint density at radius 2 is 1.85 bits per heavy atom. The zero-order valence-corrected chi connectivity index (χ0v) is 11.2. The van der Waals surface area contributed by atoms with Crippen LogP contribution in [-0.4, -0.2) is 16.2 Å². The summed E-state index contributed by atoms with van der Waals surface area (Å²) in [5, 5.41) is 22.2. The van der Waals surface area contributed by atoms with Crippen molar-refractivity contribution in [2.75, 3.05) is 0 Å². The summed E-state index contributed by atoms with van der Waals surface area (Å²) in [5.74, 6) is -0.736. The summed E-state index contributed by atoms with van der Waals surface area (Å²) in [6.07, 6.45) is 0. The number of rotatable bonds is 5. The number of hydrogen-bond donors (Lipinski definition) is 3. The molecule has 0 bridgehead atoms. The number of nitrogens with one attached hydrogen (secondary N) is 1. The first kappa shape index (κ1) is 14.1. The van der Waals surface area contributed by atoms with Crippen LogP contribution in [0.1, 0.15) is 22.7 Å². The van der Waals surface area contributed by atoms with Crippen LogP contribution in [-0.2, 0) is 11.3 Å². The molecule has 4 nitrogen and oxygen atoms in total. The van der Waals surface area contributed by atoms with Crippen molar-refractivity contribution in [1.82, 2.24) is 5.32 Å². The van der Waals surface area contributed by atoms with Gasteiger partial charge in [-0.1, -0.05) is 48.5 Å². The molecular weight excluding hydrogens is 254 g/mol. The topological polar surface area (TPSA) is 69.6 Å². The van der Waals surface area contributed by atoms with Crippen LogP contribution in [0.4, 0.5) is 0 Å². The maximum atomic E-state index is 11.3. The summed E-state index contributed by atoms with van der Waals surface area (Å²) in [6.45, 7) is 2.10. The smallest absolute Gasteiger partial charge is 0.325 e. The van der Waals surface area contributed by atoms with E-state index >= 15 is 0 Å². The molecule has 0 aliphatic rings. The molecule has 0 saturated heterocycles. The summed E-state index contributed by atoms with van der Waals surface area (Å²) in [4.78, 5) is 11.3. The third-order valence-corrected chi connectivity index (χ3v) is 3.20. The molecule has 1 atom stereocenters. The van der Waals surface area contributed by atoms with Gasteiger partial charge in [-0.25, -0.2) is 0 Å². The van der Waals surface area contributed by atoms with Crippen molar-refractivity contribution in [2.45, 2.75) is 19.5 Å². The van der Waals surface area contributed by atoms with E-state index in [9.17, 15) is 15.0 Å². The van der Waals surface area contributed by atoms with E-state index in [1.165, 1.54) is 0 Å². The molecule has 2 rings (SSSR count). The molecule has 0 aliphatic heterocycles. The number of aromatic hydroxyl groups is 1. The van der Waals surface area contributed by atoms with Gasteiger partial charge >= 0.3 is 5.97 Å². The van der Waals surface area contributed by atoms with Crippen LogP contribution in [0, 0.1) is 6.92 Å². The van der Waals surface area contributed by atoms with Gasteiger partial charge in [-0.15, -0.1) is 0 Å². The predicted molar refractivity (Wildman–Crippen MR) is 76.5 cm³/mol. The number of carbonyl (C=O) groups is 1. The minimum Gasteiger partial charge on any atom is -0.507 e. The minimum absolute atomic E-state index is 0.206. The maximum Gasteiger partial charge on any atom is 0.325 e. The van der Waals surface area contributed by atoms with Crippen molar-refractivity contribution in [2.24, 2.45) is 0 Å². The zero-order chi connectivity index (χ0) is 14.5. The van der Waals surface area contributed by atoms with Gasteiger partial charge < -0.3 is 10.2 Å². The molecule has 0 amide bonds. The zero-order valence-electron chi connectivity index (χ0n) is 11.2.